The minimum Gasteiger partial charge on any atom is -0.345 e. The van der Waals surface area contributed by atoms with Crippen LogP contribution in [-0.4, -0.2) is 26.7 Å². The lowest BCUT2D eigenvalue weighted by Gasteiger charge is -2.03. The minimum absolute atomic E-state index is 0.601. The number of H-pyrrole nitrogens is 2. The molecule has 0 aliphatic carbocycles. The summed E-state index contributed by atoms with van der Waals surface area (Å²) in [6.07, 6.45) is 2.48. The summed E-state index contributed by atoms with van der Waals surface area (Å²) >= 11 is 0. The lowest BCUT2D eigenvalue weighted by molar-refractivity contribution is 0.899. The molecule has 2 aromatic heterocycles. The molecule has 0 saturated carbocycles. The standard InChI is InChI=1S/C13H15N5/c1-8-13(11(4-5-14)18-17-8)9-2-3-10-12(6-9)16-7-15-10/h2-3,6-7H,4-5,14H2,1H3,(H,15,16)(H,17,18). The lowest BCUT2D eigenvalue weighted by Crippen LogP contribution is -2.04. The van der Waals surface area contributed by atoms with E-state index in [2.05, 4.69) is 32.3 Å². The summed E-state index contributed by atoms with van der Waals surface area (Å²) in [4.78, 5) is 7.35. The Bertz CT molecular complexity index is 680. The first kappa shape index (κ1) is 11.0. The Balaban J connectivity index is 2.15. The summed E-state index contributed by atoms with van der Waals surface area (Å²) in [5.41, 5.74) is 12.0. The smallest absolute Gasteiger partial charge is 0.0931 e. The lowest BCUT2D eigenvalue weighted by atomic mass is 10.0. The van der Waals surface area contributed by atoms with E-state index in [1.54, 1.807) is 6.33 Å². The first-order valence-electron chi connectivity index (χ1n) is 5.97. The number of hydrogen-bond acceptors (Lipinski definition) is 3. The number of aromatic nitrogens is 4. The third-order valence-electron chi connectivity index (χ3n) is 3.11. The van der Waals surface area contributed by atoms with E-state index in [1.807, 2.05) is 13.0 Å². The van der Waals surface area contributed by atoms with Gasteiger partial charge in [-0.05, 0) is 31.2 Å². The normalized spacial score (nSPS) is 11.2. The molecule has 92 valence electrons. The zero-order valence-electron chi connectivity index (χ0n) is 10.2. The van der Waals surface area contributed by atoms with Crippen molar-refractivity contribution in [2.45, 2.75) is 13.3 Å². The highest BCUT2D eigenvalue weighted by Gasteiger charge is 2.12. The predicted molar refractivity (Wildman–Crippen MR) is 71.2 cm³/mol. The maximum Gasteiger partial charge on any atom is 0.0931 e. The van der Waals surface area contributed by atoms with E-state index in [4.69, 9.17) is 5.73 Å². The van der Waals surface area contributed by atoms with Crippen molar-refractivity contribution in [3.8, 4) is 11.1 Å². The van der Waals surface area contributed by atoms with Crippen molar-refractivity contribution < 1.29 is 0 Å². The van der Waals surface area contributed by atoms with E-state index in [0.717, 1.165) is 40.0 Å². The van der Waals surface area contributed by atoms with Crippen LogP contribution in [0.15, 0.2) is 24.5 Å². The second-order valence-electron chi connectivity index (χ2n) is 4.34. The summed E-state index contributed by atoms with van der Waals surface area (Å²) in [7, 11) is 0. The average molecular weight is 241 g/mol. The number of aryl methyl sites for hydroxylation is 1. The molecular formula is C13H15N5. The van der Waals surface area contributed by atoms with E-state index in [9.17, 15) is 0 Å². The number of benzene rings is 1. The molecule has 0 spiro atoms. The first-order chi connectivity index (χ1) is 8.79. The molecule has 1 aromatic carbocycles. The van der Waals surface area contributed by atoms with Crippen LogP contribution in [0.4, 0.5) is 0 Å². The first-order valence-corrected chi connectivity index (χ1v) is 5.97. The maximum absolute atomic E-state index is 5.62. The maximum atomic E-state index is 5.62. The van der Waals surface area contributed by atoms with Gasteiger partial charge in [-0.1, -0.05) is 6.07 Å². The van der Waals surface area contributed by atoms with Crippen LogP contribution in [-0.2, 0) is 6.42 Å². The quantitative estimate of drug-likeness (QED) is 0.653. The molecule has 2 heterocycles. The Hall–Kier alpha value is -2.14. The number of fused-ring (bicyclic) bond motifs is 1. The van der Waals surface area contributed by atoms with Crippen molar-refractivity contribution >= 4 is 11.0 Å². The van der Waals surface area contributed by atoms with Gasteiger partial charge in [0.2, 0.25) is 0 Å². The summed E-state index contributed by atoms with van der Waals surface area (Å²) in [5.74, 6) is 0. The average Bonchev–Trinajstić information content (AvgIpc) is 2.96. The molecule has 0 saturated heterocycles. The molecule has 0 unspecified atom stereocenters. The summed E-state index contributed by atoms with van der Waals surface area (Å²) in [6.45, 7) is 2.63. The van der Waals surface area contributed by atoms with Gasteiger partial charge in [0.05, 0.1) is 23.1 Å². The van der Waals surface area contributed by atoms with Crippen molar-refractivity contribution in [2.75, 3.05) is 6.54 Å². The van der Waals surface area contributed by atoms with E-state index < -0.39 is 0 Å². The van der Waals surface area contributed by atoms with E-state index in [0.29, 0.717) is 6.54 Å². The van der Waals surface area contributed by atoms with Gasteiger partial charge in [-0.3, -0.25) is 5.10 Å². The molecule has 4 N–H and O–H groups in total. The highest BCUT2D eigenvalue weighted by molar-refractivity contribution is 5.82. The Morgan fingerprint density at radius 1 is 1.33 bits per heavy atom. The third kappa shape index (κ3) is 1.69. The van der Waals surface area contributed by atoms with Crippen LogP contribution in [0.3, 0.4) is 0 Å². The van der Waals surface area contributed by atoms with Crippen LogP contribution >= 0.6 is 0 Å². The molecule has 0 amide bonds. The van der Waals surface area contributed by atoms with Crippen LogP contribution < -0.4 is 5.73 Å². The van der Waals surface area contributed by atoms with Crippen molar-refractivity contribution in [2.24, 2.45) is 5.73 Å². The van der Waals surface area contributed by atoms with E-state index in [-0.39, 0.29) is 0 Å². The van der Waals surface area contributed by atoms with Gasteiger partial charge in [-0.25, -0.2) is 4.98 Å². The number of rotatable bonds is 3. The van der Waals surface area contributed by atoms with Crippen LogP contribution in [0.5, 0.6) is 0 Å². The van der Waals surface area contributed by atoms with Gasteiger partial charge >= 0.3 is 0 Å². The SMILES string of the molecule is Cc1[nH]nc(CCN)c1-c1ccc2nc[nH]c2c1. The fourth-order valence-corrected chi connectivity index (χ4v) is 2.27. The van der Waals surface area contributed by atoms with E-state index in [1.165, 1.54) is 0 Å². The number of imidazole rings is 1. The van der Waals surface area contributed by atoms with Crippen LogP contribution in [0.25, 0.3) is 22.2 Å². The van der Waals surface area contributed by atoms with Crippen LogP contribution in [0.2, 0.25) is 0 Å². The van der Waals surface area contributed by atoms with Gasteiger partial charge in [-0.2, -0.15) is 5.10 Å². The summed E-state index contributed by atoms with van der Waals surface area (Å²) in [6, 6.07) is 6.18. The van der Waals surface area contributed by atoms with Gasteiger partial charge in [0.1, 0.15) is 0 Å². The van der Waals surface area contributed by atoms with Gasteiger partial charge in [-0.15, -0.1) is 0 Å². The second-order valence-corrected chi connectivity index (χ2v) is 4.34. The molecule has 0 radical (unpaired) electrons. The highest BCUT2D eigenvalue weighted by Crippen LogP contribution is 2.28. The van der Waals surface area contributed by atoms with Crippen LogP contribution in [0.1, 0.15) is 11.4 Å². The predicted octanol–water partition coefficient (Wildman–Crippen LogP) is 1.76. The monoisotopic (exact) mass is 241 g/mol. The Labute approximate surface area is 104 Å². The number of nitrogens with zero attached hydrogens (tertiary/aromatic N) is 2. The number of nitrogens with one attached hydrogen (secondary N) is 2. The number of aromatic amines is 2. The molecule has 0 bridgehead atoms. The largest absolute Gasteiger partial charge is 0.345 e. The topological polar surface area (TPSA) is 83.4 Å². The molecule has 5 heteroatoms. The minimum atomic E-state index is 0.601. The third-order valence-corrected chi connectivity index (χ3v) is 3.11. The Kier molecular flexibility index (Phi) is 2.60. The Morgan fingerprint density at radius 2 is 2.22 bits per heavy atom. The zero-order valence-corrected chi connectivity index (χ0v) is 10.2. The number of nitrogens with two attached hydrogens (primary N) is 1. The molecule has 3 rings (SSSR count). The molecule has 3 aromatic rings. The fourth-order valence-electron chi connectivity index (χ4n) is 2.27. The molecule has 0 aliphatic rings. The van der Waals surface area contributed by atoms with Crippen LogP contribution in [0, 0.1) is 6.92 Å². The van der Waals surface area contributed by atoms with Crippen molar-refractivity contribution in [3.05, 3.63) is 35.9 Å². The molecule has 0 fully saturated rings. The summed E-state index contributed by atoms with van der Waals surface area (Å²) < 4.78 is 0. The van der Waals surface area contributed by atoms with Gasteiger partial charge < -0.3 is 10.7 Å². The molecular weight excluding hydrogens is 226 g/mol. The van der Waals surface area contributed by atoms with E-state index >= 15 is 0 Å². The Morgan fingerprint density at radius 3 is 3.06 bits per heavy atom. The van der Waals surface area contributed by atoms with Gasteiger partial charge in [0.15, 0.2) is 0 Å². The highest BCUT2D eigenvalue weighted by atomic mass is 15.1. The second kappa shape index (κ2) is 4.27. The molecule has 5 nitrogen and oxygen atoms in total. The summed E-state index contributed by atoms with van der Waals surface area (Å²) in [5, 5.41) is 7.35. The molecule has 0 aliphatic heterocycles. The van der Waals surface area contributed by atoms with Crippen molar-refractivity contribution in [3.63, 3.8) is 0 Å². The fraction of sp³-hybridized carbons (Fsp3) is 0.231. The molecule has 0 atom stereocenters. The van der Waals surface area contributed by atoms with Crippen molar-refractivity contribution in [1.29, 1.82) is 0 Å². The van der Waals surface area contributed by atoms with Gasteiger partial charge in [0.25, 0.3) is 0 Å². The van der Waals surface area contributed by atoms with Crippen molar-refractivity contribution in [1.82, 2.24) is 20.2 Å². The number of hydrogen-bond donors (Lipinski definition) is 3. The zero-order chi connectivity index (χ0) is 12.5. The van der Waals surface area contributed by atoms with Gasteiger partial charge in [0, 0.05) is 17.7 Å². The molecule has 18 heavy (non-hydrogen) atoms.